The van der Waals surface area contributed by atoms with Gasteiger partial charge in [-0.1, -0.05) is 91.0 Å². The minimum Gasteiger partial charge on any atom is -0.456 e. The summed E-state index contributed by atoms with van der Waals surface area (Å²) in [6, 6.07) is 52.4. The van der Waals surface area contributed by atoms with E-state index in [9.17, 15) is 0 Å². The van der Waals surface area contributed by atoms with Gasteiger partial charge in [0.1, 0.15) is 11.2 Å². The number of benzene rings is 7. The zero-order chi connectivity index (χ0) is 28.1. The van der Waals surface area contributed by atoms with Crippen molar-refractivity contribution in [2.45, 2.75) is 0 Å². The van der Waals surface area contributed by atoms with Crippen LogP contribution in [0.1, 0.15) is 0 Å². The van der Waals surface area contributed by atoms with Crippen molar-refractivity contribution in [2.24, 2.45) is 0 Å². The van der Waals surface area contributed by atoms with Crippen molar-refractivity contribution in [3.05, 3.63) is 146 Å². The fraction of sp³-hybridized carbons (Fsp3) is 0. The maximum Gasteiger partial charge on any atom is 0.137 e. The van der Waals surface area contributed by atoms with Gasteiger partial charge in [0.05, 0.1) is 22.1 Å². The van der Waals surface area contributed by atoms with E-state index in [4.69, 9.17) is 4.42 Å². The minimum atomic E-state index is 0.899. The van der Waals surface area contributed by atoms with E-state index in [1.165, 1.54) is 54.4 Å². The topological polar surface area (TPSA) is 23.0 Å². The van der Waals surface area contributed by atoms with E-state index in [-0.39, 0.29) is 0 Å². The number of furan rings is 1. The monoisotopic (exact) mass is 548 g/mol. The van der Waals surface area contributed by atoms with Crippen LogP contribution >= 0.6 is 0 Å². The van der Waals surface area contributed by atoms with Gasteiger partial charge in [0, 0.05) is 49.8 Å². The molecule has 0 radical (unpaired) electrons. The molecule has 0 bridgehead atoms. The fourth-order valence-corrected chi connectivity index (χ4v) is 7.22. The first-order valence-electron chi connectivity index (χ1n) is 14.7. The highest BCUT2D eigenvalue weighted by atomic mass is 16.3. The largest absolute Gasteiger partial charge is 0.456 e. The lowest BCUT2D eigenvalue weighted by atomic mass is 10.1. The first-order chi connectivity index (χ1) is 21.3. The molecule has 0 aliphatic carbocycles. The number of para-hydroxylation sites is 3. The van der Waals surface area contributed by atoms with Gasteiger partial charge in [-0.2, -0.15) is 0 Å². The molecule has 0 saturated carbocycles. The molecule has 3 heteroatoms. The molecule has 10 aromatic rings. The zero-order valence-electron chi connectivity index (χ0n) is 23.2. The molecule has 10 rings (SSSR count). The number of rotatable bonds is 2. The maximum absolute atomic E-state index is 6.32. The Hall–Kier alpha value is -5.80. The number of aromatic nitrogens is 2. The van der Waals surface area contributed by atoms with Crippen molar-refractivity contribution in [3.8, 4) is 11.4 Å². The first-order valence-corrected chi connectivity index (χ1v) is 14.7. The van der Waals surface area contributed by atoms with Crippen LogP contribution in [0.4, 0.5) is 0 Å². The van der Waals surface area contributed by atoms with Crippen LogP contribution in [0.3, 0.4) is 0 Å². The second kappa shape index (κ2) is 8.37. The number of hydrogen-bond donors (Lipinski definition) is 0. The third-order valence-electron chi connectivity index (χ3n) is 9.08. The van der Waals surface area contributed by atoms with Crippen LogP contribution in [0.25, 0.3) is 87.7 Å². The molecule has 7 aromatic carbocycles. The second-order valence-corrected chi connectivity index (χ2v) is 11.4. The van der Waals surface area contributed by atoms with Gasteiger partial charge in [-0.05, 0) is 59.3 Å². The van der Waals surface area contributed by atoms with Gasteiger partial charge >= 0.3 is 0 Å². The third-order valence-corrected chi connectivity index (χ3v) is 9.08. The summed E-state index contributed by atoms with van der Waals surface area (Å²) in [5.41, 5.74) is 8.86. The van der Waals surface area contributed by atoms with E-state index < -0.39 is 0 Å². The summed E-state index contributed by atoms with van der Waals surface area (Å²) in [6.45, 7) is 0. The molecule has 200 valence electrons. The highest BCUT2D eigenvalue weighted by molar-refractivity contribution is 6.26. The predicted octanol–water partition coefficient (Wildman–Crippen LogP) is 10.9. The van der Waals surface area contributed by atoms with Crippen LogP contribution in [0.5, 0.6) is 0 Å². The van der Waals surface area contributed by atoms with E-state index in [1.54, 1.807) is 0 Å². The molecule has 0 saturated heterocycles. The Morgan fingerprint density at radius 3 is 1.88 bits per heavy atom. The van der Waals surface area contributed by atoms with Crippen LogP contribution in [0.15, 0.2) is 150 Å². The number of hydrogen-bond acceptors (Lipinski definition) is 1. The Labute approximate surface area is 246 Å². The van der Waals surface area contributed by atoms with Gasteiger partial charge in [-0.15, -0.1) is 0 Å². The van der Waals surface area contributed by atoms with E-state index >= 15 is 0 Å². The Morgan fingerprint density at radius 2 is 1.00 bits per heavy atom. The van der Waals surface area contributed by atoms with Gasteiger partial charge in [0.2, 0.25) is 0 Å². The summed E-state index contributed by atoms with van der Waals surface area (Å²) >= 11 is 0. The Morgan fingerprint density at radius 1 is 0.372 bits per heavy atom. The lowest BCUT2D eigenvalue weighted by molar-refractivity contribution is 0.668. The molecule has 0 atom stereocenters. The molecule has 0 spiro atoms. The quantitative estimate of drug-likeness (QED) is 0.211. The first kappa shape index (κ1) is 22.8. The van der Waals surface area contributed by atoms with Crippen molar-refractivity contribution in [1.29, 1.82) is 0 Å². The summed E-state index contributed by atoms with van der Waals surface area (Å²) in [5, 5.41) is 9.76. The Balaban J connectivity index is 1.35. The van der Waals surface area contributed by atoms with E-state index in [1.807, 2.05) is 12.1 Å². The van der Waals surface area contributed by atoms with Gasteiger partial charge < -0.3 is 13.6 Å². The third kappa shape index (κ3) is 3.08. The molecule has 3 aromatic heterocycles. The Bertz CT molecular complexity index is 2740. The van der Waals surface area contributed by atoms with Crippen LogP contribution < -0.4 is 0 Å². The molecule has 43 heavy (non-hydrogen) atoms. The molecular formula is C40H24N2O. The number of nitrogens with zero attached hydrogens (tertiary/aromatic N) is 2. The summed E-state index contributed by atoms with van der Waals surface area (Å²) in [6.07, 6.45) is 0. The molecule has 0 aliphatic heterocycles. The number of fused-ring (bicyclic) bond motifs is 11. The molecule has 0 amide bonds. The highest BCUT2D eigenvalue weighted by Gasteiger charge is 2.21. The fourth-order valence-electron chi connectivity index (χ4n) is 7.22. The van der Waals surface area contributed by atoms with Crippen LogP contribution in [0.2, 0.25) is 0 Å². The highest BCUT2D eigenvalue weighted by Crippen LogP contribution is 2.42. The smallest absolute Gasteiger partial charge is 0.137 e. The molecule has 0 unspecified atom stereocenters. The second-order valence-electron chi connectivity index (χ2n) is 11.4. The lowest BCUT2D eigenvalue weighted by Crippen LogP contribution is -1.95. The molecular weight excluding hydrogens is 524 g/mol. The molecule has 0 fully saturated rings. The maximum atomic E-state index is 6.32. The summed E-state index contributed by atoms with van der Waals surface area (Å²) in [4.78, 5) is 0. The van der Waals surface area contributed by atoms with Crippen molar-refractivity contribution < 1.29 is 4.42 Å². The molecule has 3 nitrogen and oxygen atoms in total. The van der Waals surface area contributed by atoms with E-state index in [0.717, 1.165) is 33.3 Å². The van der Waals surface area contributed by atoms with Crippen molar-refractivity contribution in [2.75, 3.05) is 0 Å². The normalized spacial score (nSPS) is 12.2. The summed E-state index contributed by atoms with van der Waals surface area (Å²) in [7, 11) is 0. The standard InChI is InChI=1S/C40H24N2O/c1-2-10-26-23-27(18-17-25(26)9-1)42-34-14-6-3-11-29(34)32-21-22-36-39(40(32)42)33-13-4-7-15-35(33)41(36)28-19-20-31-30-12-5-8-16-37(30)43-38(31)24-28/h1-24H. The minimum absolute atomic E-state index is 0.899. The van der Waals surface area contributed by atoms with Gasteiger partial charge in [-0.3, -0.25) is 0 Å². The molecule has 0 N–H and O–H groups in total. The van der Waals surface area contributed by atoms with E-state index in [0.29, 0.717) is 0 Å². The van der Waals surface area contributed by atoms with Crippen molar-refractivity contribution in [3.63, 3.8) is 0 Å². The van der Waals surface area contributed by atoms with Crippen LogP contribution in [-0.2, 0) is 0 Å². The van der Waals surface area contributed by atoms with Gasteiger partial charge in [-0.25, -0.2) is 0 Å². The molecule has 0 aliphatic rings. The van der Waals surface area contributed by atoms with Crippen LogP contribution in [0, 0.1) is 0 Å². The Kier molecular flexibility index (Phi) is 4.45. The average Bonchev–Trinajstić information content (AvgIpc) is 3.71. The SMILES string of the molecule is c1ccc2cc(-n3c4ccccc4c4ccc5c(c6ccccc6n5-c5ccc6c(c5)oc5ccccc56)c43)ccc2c1. The zero-order valence-corrected chi connectivity index (χ0v) is 23.2. The predicted molar refractivity (Wildman–Crippen MR) is 180 cm³/mol. The van der Waals surface area contributed by atoms with Crippen molar-refractivity contribution >= 4 is 76.3 Å². The summed E-state index contributed by atoms with van der Waals surface area (Å²) in [5.74, 6) is 0. The summed E-state index contributed by atoms with van der Waals surface area (Å²) < 4.78 is 11.2. The van der Waals surface area contributed by atoms with E-state index in [2.05, 4.69) is 143 Å². The average molecular weight is 549 g/mol. The molecule has 3 heterocycles. The van der Waals surface area contributed by atoms with Gasteiger partial charge in [0.15, 0.2) is 0 Å². The van der Waals surface area contributed by atoms with Gasteiger partial charge in [0.25, 0.3) is 0 Å². The lowest BCUT2D eigenvalue weighted by Gasteiger charge is -2.11. The van der Waals surface area contributed by atoms with Crippen LogP contribution in [-0.4, -0.2) is 9.13 Å². The van der Waals surface area contributed by atoms with Crippen molar-refractivity contribution in [1.82, 2.24) is 9.13 Å².